The summed E-state index contributed by atoms with van der Waals surface area (Å²) in [7, 11) is 0. The van der Waals surface area contributed by atoms with Crippen LogP contribution in [0, 0.1) is 12.3 Å². The average Bonchev–Trinajstić information content (AvgIpc) is 2.38. The van der Waals surface area contributed by atoms with Gasteiger partial charge in [0.1, 0.15) is 5.69 Å². The highest BCUT2D eigenvalue weighted by molar-refractivity contribution is 5.64. The van der Waals surface area contributed by atoms with Gasteiger partial charge in [0.05, 0.1) is 11.3 Å². The first kappa shape index (κ1) is 12.1. The van der Waals surface area contributed by atoms with E-state index in [1.54, 1.807) is 0 Å². The van der Waals surface area contributed by atoms with Crippen LogP contribution >= 0.6 is 0 Å². The van der Waals surface area contributed by atoms with Crippen molar-refractivity contribution in [1.82, 2.24) is 10.2 Å². The molecule has 0 unspecified atom stereocenters. The Hall–Kier alpha value is -2.35. The zero-order valence-electron chi connectivity index (χ0n) is 9.07. The van der Waals surface area contributed by atoms with Crippen molar-refractivity contribution in [1.29, 1.82) is 0 Å². The fourth-order valence-corrected chi connectivity index (χ4v) is 1.51. The number of alkyl halides is 3. The van der Waals surface area contributed by atoms with Crippen LogP contribution in [0.15, 0.2) is 36.4 Å². The summed E-state index contributed by atoms with van der Waals surface area (Å²) >= 11 is 0. The molecule has 0 atom stereocenters. The molecule has 0 radical (unpaired) electrons. The molecule has 18 heavy (non-hydrogen) atoms. The molecule has 2 aromatic rings. The van der Waals surface area contributed by atoms with Crippen LogP contribution < -0.4 is 0 Å². The Kier molecular flexibility index (Phi) is 3.02. The van der Waals surface area contributed by atoms with Crippen LogP contribution in [-0.2, 0) is 6.18 Å². The summed E-state index contributed by atoms with van der Waals surface area (Å²) in [5.41, 5.74) is -0.334. The summed E-state index contributed by atoms with van der Waals surface area (Å²) in [5, 5.41) is 7.34. The van der Waals surface area contributed by atoms with E-state index in [0.717, 1.165) is 6.07 Å². The van der Waals surface area contributed by atoms with Gasteiger partial charge < -0.3 is 0 Å². The Morgan fingerprint density at radius 2 is 1.72 bits per heavy atom. The lowest BCUT2D eigenvalue weighted by atomic mass is 10.0. The van der Waals surface area contributed by atoms with E-state index in [1.165, 1.54) is 30.3 Å². The highest BCUT2D eigenvalue weighted by Crippen LogP contribution is 2.35. The monoisotopic (exact) mass is 248 g/mol. The highest BCUT2D eigenvalue weighted by Gasteiger charge is 2.33. The van der Waals surface area contributed by atoms with E-state index in [4.69, 9.17) is 6.42 Å². The number of halogens is 3. The SMILES string of the molecule is C#Cc1ccc(-c2ccccc2C(F)(F)F)nn1. The molecule has 0 saturated heterocycles. The van der Waals surface area contributed by atoms with Crippen molar-refractivity contribution in [3.63, 3.8) is 0 Å². The molecule has 1 aromatic carbocycles. The maximum Gasteiger partial charge on any atom is 0.417 e. The molecule has 1 heterocycles. The normalized spacial score (nSPS) is 11.0. The molecule has 2 rings (SSSR count). The van der Waals surface area contributed by atoms with E-state index in [0.29, 0.717) is 0 Å². The van der Waals surface area contributed by atoms with Crippen LogP contribution in [0.4, 0.5) is 13.2 Å². The quantitative estimate of drug-likeness (QED) is 0.724. The highest BCUT2D eigenvalue weighted by atomic mass is 19.4. The number of hydrogen-bond acceptors (Lipinski definition) is 2. The van der Waals surface area contributed by atoms with E-state index in [1.807, 2.05) is 0 Å². The van der Waals surface area contributed by atoms with Gasteiger partial charge in [-0.05, 0) is 24.1 Å². The van der Waals surface area contributed by atoms with Gasteiger partial charge in [0.25, 0.3) is 0 Å². The standard InChI is InChI=1S/C13H7F3N2/c1-2-9-7-8-12(18-17-9)10-5-3-4-6-11(10)13(14,15)16/h1,3-8H. The lowest BCUT2D eigenvalue weighted by molar-refractivity contribution is -0.137. The van der Waals surface area contributed by atoms with Crippen LogP contribution in [0.1, 0.15) is 11.3 Å². The van der Waals surface area contributed by atoms with Crippen LogP contribution in [0.25, 0.3) is 11.3 Å². The lowest BCUT2D eigenvalue weighted by Gasteiger charge is -2.11. The molecule has 5 heteroatoms. The molecule has 0 aliphatic heterocycles. The van der Waals surface area contributed by atoms with Crippen molar-refractivity contribution in [3.05, 3.63) is 47.7 Å². The Bertz CT molecular complexity index is 595. The van der Waals surface area contributed by atoms with Crippen molar-refractivity contribution >= 4 is 0 Å². The Morgan fingerprint density at radius 3 is 2.28 bits per heavy atom. The molecule has 0 saturated carbocycles. The van der Waals surface area contributed by atoms with Gasteiger partial charge in [-0.25, -0.2) is 0 Å². The van der Waals surface area contributed by atoms with Gasteiger partial charge in [-0.1, -0.05) is 18.2 Å². The topological polar surface area (TPSA) is 25.8 Å². The lowest BCUT2D eigenvalue weighted by Crippen LogP contribution is -2.07. The Morgan fingerprint density at radius 1 is 1.00 bits per heavy atom. The first-order valence-electron chi connectivity index (χ1n) is 4.99. The van der Waals surface area contributed by atoms with Crippen LogP contribution in [0.3, 0.4) is 0 Å². The second kappa shape index (κ2) is 4.49. The first-order valence-corrected chi connectivity index (χ1v) is 4.99. The molecule has 0 aliphatic rings. The van der Waals surface area contributed by atoms with Crippen molar-refractivity contribution in [2.75, 3.05) is 0 Å². The van der Waals surface area contributed by atoms with Crippen LogP contribution in [0.2, 0.25) is 0 Å². The number of rotatable bonds is 1. The minimum atomic E-state index is -4.43. The second-order valence-electron chi connectivity index (χ2n) is 3.49. The van der Waals surface area contributed by atoms with E-state index < -0.39 is 11.7 Å². The fourth-order valence-electron chi connectivity index (χ4n) is 1.51. The molecular formula is C13H7F3N2. The summed E-state index contributed by atoms with van der Waals surface area (Å²) in [6.07, 6.45) is 0.678. The number of aromatic nitrogens is 2. The number of benzene rings is 1. The molecule has 0 bridgehead atoms. The Balaban J connectivity index is 2.54. The van der Waals surface area contributed by atoms with Crippen molar-refractivity contribution in [2.24, 2.45) is 0 Å². The maximum absolute atomic E-state index is 12.8. The van der Waals surface area contributed by atoms with Gasteiger partial charge in [0, 0.05) is 5.56 Å². The minimum Gasteiger partial charge on any atom is -0.166 e. The van der Waals surface area contributed by atoms with E-state index in [2.05, 4.69) is 16.1 Å². The number of nitrogens with zero attached hydrogens (tertiary/aromatic N) is 2. The zero-order chi connectivity index (χ0) is 13.2. The third-order valence-corrected chi connectivity index (χ3v) is 2.32. The molecule has 1 aromatic heterocycles. The molecule has 0 aliphatic carbocycles. The predicted octanol–water partition coefficient (Wildman–Crippen LogP) is 3.14. The molecule has 0 spiro atoms. The third-order valence-electron chi connectivity index (χ3n) is 2.32. The maximum atomic E-state index is 12.8. The van der Waals surface area contributed by atoms with Gasteiger partial charge in [-0.2, -0.15) is 13.2 Å². The third kappa shape index (κ3) is 2.33. The van der Waals surface area contributed by atoms with E-state index in [-0.39, 0.29) is 17.0 Å². The van der Waals surface area contributed by atoms with Crippen molar-refractivity contribution in [2.45, 2.75) is 6.18 Å². The summed E-state index contributed by atoms with van der Waals surface area (Å²) < 4.78 is 38.4. The molecule has 0 amide bonds. The van der Waals surface area contributed by atoms with Crippen molar-refractivity contribution in [3.8, 4) is 23.6 Å². The smallest absolute Gasteiger partial charge is 0.166 e. The minimum absolute atomic E-state index is 0.0129. The number of terminal acetylenes is 1. The van der Waals surface area contributed by atoms with E-state index in [9.17, 15) is 13.2 Å². The van der Waals surface area contributed by atoms with Gasteiger partial charge in [-0.3, -0.25) is 0 Å². The van der Waals surface area contributed by atoms with Crippen molar-refractivity contribution < 1.29 is 13.2 Å². The number of hydrogen-bond donors (Lipinski definition) is 0. The summed E-state index contributed by atoms with van der Waals surface area (Å²) in [6, 6.07) is 8.08. The molecule has 0 N–H and O–H groups in total. The average molecular weight is 248 g/mol. The van der Waals surface area contributed by atoms with Gasteiger partial charge in [0.15, 0.2) is 0 Å². The molecule has 90 valence electrons. The first-order chi connectivity index (χ1) is 8.52. The summed E-state index contributed by atoms with van der Waals surface area (Å²) in [6.45, 7) is 0. The van der Waals surface area contributed by atoms with Gasteiger partial charge in [-0.15, -0.1) is 16.6 Å². The predicted molar refractivity (Wildman–Crippen MR) is 60.4 cm³/mol. The largest absolute Gasteiger partial charge is 0.417 e. The van der Waals surface area contributed by atoms with Gasteiger partial charge in [0.2, 0.25) is 0 Å². The van der Waals surface area contributed by atoms with Crippen LogP contribution in [0.5, 0.6) is 0 Å². The summed E-state index contributed by atoms with van der Waals surface area (Å²) in [4.78, 5) is 0. The van der Waals surface area contributed by atoms with E-state index >= 15 is 0 Å². The second-order valence-corrected chi connectivity index (χ2v) is 3.49. The van der Waals surface area contributed by atoms with Gasteiger partial charge >= 0.3 is 6.18 Å². The molecular weight excluding hydrogens is 241 g/mol. The fraction of sp³-hybridized carbons (Fsp3) is 0.0769. The zero-order valence-corrected chi connectivity index (χ0v) is 9.07. The Labute approximate surface area is 101 Å². The molecule has 0 fully saturated rings. The van der Waals surface area contributed by atoms with Crippen LogP contribution in [-0.4, -0.2) is 10.2 Å². The summed E-state index contributed by atoms with van der Waals surface area (Å²) in [5.74, 6) is 2.25. The molecule has 2 nitrogen and oxygen atoms in total.